The van der Waals surface area contributed by atoms with Crippen LogP contribution >= 0.6 is 15.9 Å². The van der Waals surface area contributed by atoms with Gasteiger partial charge in [-0.05, 0) is 55.7 Å². The molecule has 2 heterocycles. The van der Waals surface area contributed by atoms with E-state index in [0.717, 1.165) is 10.0 Å². The summed E-state index contributed by atoms with van der Waals surface area (Å²) in [5.41, 5.74) is 4.06. The van der Waals surface area contributed by atoms with Gasteiger partial charge in [0.2, 0.25) is 11.8 Å². The summed E-state index contributed by atoms with van der Waals surface area (Å²) in [6.45, 7) is 3.51. The minimum absolute atomic E-state index is 0.0108. The number of fused-ring (bicyclic) bond motifs is 2. The van der Waals surface area contributed by atoms with Gasteiger partial charge in [0.15, 0.2) is 12.4 Å². The lowest BCUT2D eigenvalue weighted by molar-refractivity contribution is -0.122. The molecule has 1 fully saturated rings. The maximum atomic E-state index is 13.3. The van der Waals surface area contributed by atoms with E-state index < -0.39 is 12.6 Å². The molecule has 1 aliphatic carbocycles. The lowest BCUT2D eigenvalue weighted by Crippen LogP contribution is -2.31. The van der Waals surface area contributed by atoms with Crippen molar-refractivity contribution in [2.75, 3.05) is 11.5 Å². The topological polar surface area (TPSA) is 93.6 Å². The molecule has 7 nitrogen and oxygen atoms in total. The number of nitrogens with zero attached hydrogens (tertiary/aromatic N) is 2. The third-order valence-electron chi connectivity index (χ3n) is 7.99. The number of Topliss-reactive ketones (excluding diaryl/α,β-unsaturated/α-hetero) is 1. The van der Waals surface area contributed by atoms with E-state index >= 15 is 0 Å². The Morgan fingerprint density at radius 3 is 2.43 bits per heavy atom. The van der Waals surface area contributed by atoms with E-state index in [1.807, 2.05) is 44.2 Å². The number of anilines is 1. The van der Waals surface area contributed by atoms with Crippen LogP contribution in [0.3, 0.4) is 0 Å². The van der Waals surface area contributed by atoms with Crippen LogP contribution in [-0.2, 0) is 14.3 Å². The fraction of sp³-hybridized carbons (Fsp3) is 0.206. The number of hydrogen-bond acceptors (Lipinski definition) is 6. The van der Waals surface area contributed by atoms with Crippen LogP contribution in [-0.4, -0.2) is 35.2 Å². The number of allylic oxidation sites excluding steroid dienone is 2. The van der Waals surface area contributed by atoms with Crippen LogP contribution in [0.1, 0.15) is 39.6 Å². The summed E-state index contributed by atoms with van der Waals surface area (Å²) in [6.07, 6.45) is 4.55. The fourth-order valence-electron chi connectivity index (χ4n) is 5.73. The van der Waals surface area contributed by atoms with Crippen molar-refractivity contribution in [3.8, 4) is 11.3 Å². The molecule has 6 rings (SSSR count). The number of aromatic nitrogens is 1. The summed E-state index contributed by atoms with van der Waals surface area (Å²) in [7, 11) is 0. The Balaban J connectivity index is 1.28. The molecule has 42 heavy (non-hydrogen) atoms. The summed E-state index contributed by atoms with van der Waals surface area (Å²) >= 11 is 3.46. The zero-order chi connectivity index (χ0) is 29.5. The monoisotopic (exact) mass is 622 g/mol. The number of rotatable bonds is 6. The van der Waals surface area contributed by atoms with Crippen molar-refractivity contribution < 1.29 is 23.9 Å². The highest BCUT2D eigenvalue weighted by atomic mass is 79.9. The quantitative estimate of drug-likeness (QED) is 0.103. The number of ketones is 1. The van der Waals surface area contributed by atoms with E-state index in [1.54, 1.807) is 54.6 Å². The van der Waals surface area contributed by atoms with Gasteiger partial charge < -0.3 is 4.74 Å². The number of benzene rings is 3. The number of carbonyl (C=O) groups excluding carboxylic acids is 4. The molecule has 4 aromatic rings. The molecule has 210 valence electrons. The minimum Gasteiger partial charge on any atom is -0.454 e. The van der Waals surface area contributed by atoms with Gasteiger partial charge in [-0.1, -0.05) is 77.0 Å². The van der Waals surface area contributed by atoms with Crippen LogP contribution in [0.5, 0.6) is 0 Å². The van der Waals surface area contributed by atoms with Crippen LogP contribution in [0.25, 0.3) is 22.2 Å². The van der Waals surface area contributed by atoms with Crippen LogP contribution in [0.4, 0.5) is 5.69 Å². The van der Waals surface area contributed by atoms with E-state index in [2.05, 4.69) is 15.9 Å². The molecule has 2 amide bonds. The van der Waals surface area contributed by atoms with Crippen LogP contribution < -0.4 is 4.90 Å². The van der Waals surface area contributed by atoms with Gasteiger partial charge in [0.25, 0.3) is 0 Å². The van der Waals surface area contributed by atoms with Crippen LogP contribution in [0, 0.1) is 24.7 Å². The highest BCUT2D eigenvalue weighted by Crippen LogP contribution is 2.40. The van der Waals surface area contributed by atoms with Gasteiger partial charge in [0.1, 0.15) is 0 Å². The second kappa shape index (κ2) is 11.1. The summed E-state index contributed by atoms with van der Waals surface area (Å²) in [5.74, 6) is -1.94. The normalized spacial score (nSPS) is 19.7. The molecule has 3 aromatic carbocycles. The first-order chi connectivity index (χ1) is 20.2. The molecule has 0 N–H and O–H groups in total. The van der Waals surface area contributed by atoms with E-state index in [1.165, 1.54) is 4.90 Å². The van der Waals surface area contributed by atoms with Gasteiger partial charge in [-0.15, -0.1) is 0 Å². The molecule has 1 aromatic heterocycles. The van der Waals surface area contributed by atoms with Gasteiger partial charge in [-0.25, -0.2) is 9.78 Å². The predicted molar refractivity (Wildman–Crippen MR) is 163 cm³/mol. The average Bonchev–Trinajstić information content (AvgIpc) is 3.25. The van der Waals surface area contributed by atoms with Crippen molar-refractivity contribution in [1.82, 2.24) is 4.98 Å². The second-order valence-corrected chi connectivity index (χ2v) is 11.7. The standard InChI is InChI=1S/C34H27BrN2O5/c1-19-6-8-22(9-7-19)30(38)18-42-34(41)27-17-29(36-28-15-12-23(35)16-26(27)28)21-10-13-24(14-11-21)37-32(39)25-5-3-4-20(2)31(25)33(37)40/h3-4,6-17,20,25,31H,5,18H2,1-2H3. The van der Waals surface area contributed by atoms with Gasteiger partial charge in [-0.2, -0.15) is 0 Å². The Bertz CT molecular complexity index is 1780. The Morgan fingerprint density at radius 2 is 1.71 bits per heavy atom. The van der Waals surface area contributed by atoms with E-state index in [4.69, 9.17) is 9.72 Å². The van der Waals surface area contributed by atoms with E-state index in [0.29, 0.717) is 39.8 Å². The molecule has 8 heteroatoms. The van der Waals surface area contributed by atoms with Crippen molar-refractivity contribution >= 4 is 56.1 Å². The number of hydrogen-bond donors (Lipinski definition) is 0. The summed E-state index contributed by atoms with van der Waals surface area (Å²) in [4.78, 5) is 58.3. The Kier molecular flexibility index (Phi) is 7.33. The van der Waals surface area contributed by atoms with Crippen molar-refractivity contribution in [3.63, 3.8) is 0 Å². The molecule has 3 atom stereocenters. The SMILES string of the molecule is Cc1ccc(C(=O)COC(=O)c2cc(-c3ccc(N4C(=O)C5CC=CC(C)C5C4=O)cc3)nc3ccc(Br)cc23)cc1. The minimum atomic E-state index is -0.641. The zero-order valence-corrected chi connectivity index (χ0v) is 24.6. The smallest absolute Gasteiger partial charge is 0.339 e. The third kappa shape index (κ3) is 5.07. The molecule has 2 aliphatic rings. The van der Waals surface area contributed by atoms with E-state index in [9.17, 15) is 19.2 Å². The molecule has 0 spiro atoms. The molecule has 3 unspecified atom stereocenters. The van der Waals surface area contributed by atoms with Crippen molar-refractivity contribution in [1.29, 1.82) is 0 Å². The summed E-state index contributed by atoms with van der Waals surface area (Å²) in [6, 6.07) is 21.2. The molecule has 0 saturated carbocycles. The first kappa shape index (κ1) is 27.7. The fourth-order valence-corrected chi connectivity index (χ4v) is 6.09. The molecular weight excluding hydrogens is 596 g/mol. The van der Waals surface area contributed by atoms with Crippen LogP contribution in [0.2, 0.25) is 0 Å². The number of halogens is 1. The number of carbonyl (C=O) groups is 4. The second-order valence-electron chi connectivity index (χ2n) is 10.8. The molecular formula is C34H27BrN2O5. The molecule has 1 aliphatic heterocycles. The van der Waals surface area contributed by atoms with Crippen molar-refractivity contribution in [2.45, 2.75) is 20.3 Å². The predicted octanol–water partition coefficient (Wildman–Crippen LogP) is 6.71. The summed E-state index contributed by atoms with van der Waals surface area (Å²) in [5, 5.41) is 0.580. The van der Waals surface area contributed by atoms with Crippen LogP contribution in [0.15, 0.2) is 89.4 Å². The van der Waals surface area contributed by atoms with Gasteiger partial charge in [0.05, 0.1) is 34.3 Å². The summed E-state index contributed by atoms with van der Waals surface area (Å²) < 4.78 is 6.23. The first-order valence-electron chi connectivity index (χ1n) is 13.7. The Hall–Kier alpha value is -4.43. The maximum absolute atomic E-state index is 13.3. The van der Waals surface area contributed by atoms with Crippen molar-refractivity contribution in [3.05, 3.63) is 106 Å². The molecule has 1 saturated heterocycles. The van der Waals surface area contributed by atoms with E-state index in [-0.39, 0.29) is 40.9 Å². The number of amides is 2. The molecule has 0 bridgehead atoms. The highest BCUT2D eigenvalue weighted by Gasteiger charge is 2.50. The largest absolute Gasteiger partial charge is 0.454 e. The lowest BCUT2D eigenvalue weighted by Gasteiger charge is -2.22. The number of ether oxygens (including phenoxy) is 1. The first-order valence-corrected chi connectivity index (χ1v) is 14.5. The van der Waals surface area contributed by atoms with Gasteiger partial charge in [0, 0.05) is 21.0 Å². The van der Waals surface area contributed by atoms with Crippen molar-refractivity contribution in [2.24, 2.45) is 17.8 Å². The lowest BCUT2D eigenvalue weighted by atomic mass is 9.78. The number of imide groups is 1. The zero-order valence-electron chi connectivity index (χ0n) is 23.0. The maximum Gasteiger partial charge on any atom is 0.339 e. The van der Waals surface area contributed by atoms with Gasteiger partial charge in [-0.3, -0.25) is 19.3 Å². The van der Waals surface area contributed by atoms with Gasteiger partial charge >= 0.3 is 5.97 Å². The number of aryl methyl sites for hydroxylation is 1. The Labute approximate surface area is 251 Å². The molecule has 0 radical (unpaired) electrons. The Morgan fingerprint density at radius 1 is 0.976 bits per heavy atom. The highest BCUT2D eigenvalue weighted by molar-refractivity contribution is 9.10. The number of pyridine rings is 1. The third-order valence-corrected chi connectivity index (χ3v) is 8.49. The average molecular weight is 624 g/mol. The number of esters is 1.